The normalized spacial score (nSPS) is 12.2. The molecule has 0 unspecified atom stereocenters. The van der Waals surface area contributed by atoms with Gasteiger partial charge in [-0.1, -0.05) is 23.7 Å². The van der Waals surface area contributed by atoms with E-state index in [0.29, 0.717) is 29.4 Å². The van der Waals surface area contributed by atoms with Crippen molar-refractivity contribution in [2.45, 2.75) is 28.8 Å². The predicted octanol–water partition coefficient (Wildman–Crippen LogP) is 5.05. The number of carbonyl (C=O) groups is 1. The van der Waals surface area contributed by atoms with E-state index in [-0.39, 0.29) is 22.1 Å². The zero-order valence-corrected chi connectivity index (χ0v) is 18.3. The average molecular weight is 494 g/mol. The third-order valence-electron chi connectivity index (χ3n) is 4.98. The zero-order valence-electron chi connectivity index (χ0n) is 16.8. The first-order valence-electron chi connectivity index (χ1n) is 9.58. The highest BCUT2D eigenvalue weighted by atomic mass is 35.5. The molecule has 0 fully saturated rings. The van der Waals surface area contributed by atoms with Crippen molar-refractivity contribution in [3.05, 3.63) is 89.0 Å². The van der Waals surface area contributed by atoms with Crippen LogP contribution in [0.5, 0.6) is 0 Å². The number of alkyl halides is 3. The van der Waals surface area contributed by atoms with Gasteiger partial charge in [-0.05, 0) is 42.3 Å². The molecule has 11 heteroatoms. The molecule has 0 aliphatic carbocycles. The molecule has 2 aromatic carbocycles. The number of Topliss-reactive ketones (excluding diaryl/α,β-unsaturated/α-hetero) is 1. The summed E-state index contributed by atoms with van der Waals surface area (Å²) in [6.45, 7) is 0. The Morgan fingerprint density at radius 3 is 2.48 bits per heavy atom. The summed E-state index contributed by atoms with van der Waals surface area (Å²) in [5.41, 5.74) is -0.263. The van der Waals surface area contributed by atoms with Crippen LogP contribution in [0.3, 0.4) is 0 Å². The second-order valence-electron chi connectivity index (χ2n) is 7.19. The van der Waals surface area contributed by atoms with Gasteiger partial charge in [0.2, 0.25) is 15.6 Å². The summed E-state index contributed by atoms with van der Waals surface area (Å²) in [5, 5.41) is -0.219. The van der Waals surface area contributed by atoms with E-state index in [0.717, 1.165) is 12.1 Å². The Kier molecular flexibility index (Phi) is 5.98. The summed E-state index contributed by atoms with van der Waals surface area (Å²) in [7, 11) is -4.44. The number of ketones is 1. The Morgan fingerprint density at radius 2 is 1.79 bits per heavy atom. The van der Waals surface area contributed by atoms with Crippen molar-refractivity contribution in [1.82, 2.24) is 14.4 Å². The first-order chi connectivity index (χ1) is 15.6. The van der Waals surface area contributed by atoms with Gasteiger partial charge in [-0.15, -0.1) is 0 Å². The van der Waals surface area contributed by atoms with Gasteiger partial charge in [0.15, 0.2) is 5.78 Å². The Morgan fingerprint density at radius 1 is 1.06 bits per heavy atom. The van der Waals surface area contributed by atoms with Crippen molar-refractivity contribution in [3.8, 4) is 0 Å². The smallest absolute Gasteiger partial charge is 0.294 e. The molecule has 0 bridgehead atoms. The lowest BCUT2D eigenvalue weighted by Crippen LogP contribution is -2.13. The van der Waals surface area contributed by atoms with Crippen LogP contribution in [0.1, 0.15) is 27.9 Å². The molecule has 4 rings (SSSR count). The van der Waals surface area contributed by atoms with Crippen LogP contribution in [0.4, 0.5) is 13.2 Å². The van der Waals surface area contributed by atoms with Crippen molar-refractivity contribution in [3.63, 3.8) is 0 Å². The second-order valence-corrected chi connectivity index (χ2v) is 9.54. The predicted molar refractivity (Wildman–Crippen MR) is 114 cm³/mol. The lowest BCUT2D eigenvalue weighted by molar-refractivity contribution is -0.139. The summed E-state index contributed by atoms with van der Waals surface area (Å²) in [5.74, 6) is 0.309. The third-order valence-corrected chi connectivity index (χ3v) is 7.04. The number of nitrogens with zero attached hydrogens (tertiary/aromatic N) is 3. The minimum absolute atomic E-state index is 0.142. The summed E-state index contributed by atoms with van der Waals surface area (Å²) < 4.78 is 67.4. The molecule has 0 spiro atoms. The zero-order chi connectivity index (χ0) is 23.8. The van der Waals surface area contributed by atoms with Gasteiger partial charge in [-0.25, -0.2) is 18.4 Å². The molecule has 170 valence electrons. The van der Waals surface area contributed by atoms with Crippen LogP contribution in [0.2, 0.25) is 5.02 Å². The third kappa shape index (κ3) is 4.76. The van der Waals surface area contributed by atoms with Crippen LogP contribution in [-0.2, 0) is 22.4 Å². The van der Waals surface area contributed by atoms with E-state index in [1.807, 2.05) is 0 Å². The minimum atomic E-state index is -4.89. The Bertz CT molecular complexity index is 1450. The van der Waals surface area contributed by atoms with Gasteiger partial charge in [0.25, 0.3) is 0 Å². The number of benzene rings is 2. The molecule has 6 nitrogen and oxygen atoms in total. The van der Waals surface area contributed by atoms with Crippen LogP contribution in [0.25, 0.3) is 5.78 Å². The van der Waals surface area contributed by atoms with E-state index < -0.39 is 26.5 Å². The number of rotatable bonds is 6. The van der Waals surface area contributed by atoms with Gasteiger partial charge in [0.1, 0.15) is 0 Å². The summed E-state index contributed by atoms with van der Waals surface area (Å²) >= 11 is 5.64. The van der Waals surface area contributed by atoms with Crippen molar-refractivity contribution in [2.75, 3.05) is 0 Å². The molecule has 0 N–H and O–H groups in total. The summed E-state index contributed by atoms with van der Waals surface area (Å²) in [4.78, 5) is 19.4. The maximum atomic E-state index is 13.4. The molecular formula is C22H15ClF3N3O3S. The number of fused-ring (bicyclic) bond motifs is 1. The molecule has 0 saturated heterocycles. The fourth-order valence-electron chi connectivity index (χ4n) is 3.28. The number of aryl methyl sites for hydroxylation is 1. The standard InChI is InChI=1S/C22H15ClF3N3O3S/c23-16-4-8-20(18(11-16)22(24,25)26)33(31,32)17-5-1-14(2-6-17)3-7-19(30)15-12-28-21-27-9-10-29(21)13-15/h1-2,4-6,8-13H,3,7H2. The molecule has 0 aliphatic heterocycles. The van der Waals surface area contributed by atoms with Gasteiger partial charge >= 0.3 is 6.18 Å². The van der Waals surface area contributed by atoms with E-state index in [4.69, 9.17) is 11.6 Å². The van der Waals surface area contributed by atoms with E-state index in [2.05, 4.69) is 9.97 Å². The highest BCUT2D eigenvalue weighted by Gasteiger charge is 2.37. The number of halogens is 4. The second kappa shape index (κ2) is 8.60. The van der Waals surface area contributed by atoms with Gasteiger partial charge in [-0.2, -0.15) is 13.2 Å². The summed E-state index contributed by atoms with van der Waals surface area (Å²) in [6, 6.07) is 7.93. The molecule has 0 atom stereocenters. The molecule has 0 saturated carbocycles. The van der Waals surface area contributed by atoms with Crippen molar-refractivity contribution < 1.29 is 26.4 Å². The van der Waals surface area contributed by atoms with E-state index in [9.17, 15) is 26.4 Å². The lowest BCUT2D eigenvalue weighted by Gasteiger charge is -2.14. The number of carbonyl (C=O) groups excluding carboxylic acids is 1. The van der Waals surface area contributed by atoms with Crippen LogP contribution in [0, 0.1) is 0 Å². The van der Waals surface area contributed by atoms with E-state index in [1.54, 1.807) is 23.0 Å². The van der Waals surface area contributed by atoms with Gasteiger partial charge in [0.05, 0.1) is 20.9 Å². The van der Waals surface area contributed by atoms with E-state index in [1.165, 1.54) is 30.5 Å². The SMILES string of the molecule is O=C(CCc1ccc(S(=O)(=O)c2ccc(Cl)cc2C(F)(F)F)cc1)c1cnc2nccn2c1. The monoisotopic (exact) mass is 493 g/mol. The quantitative estimate of drug-likeness (QED) is 0.351. The minimum Gasteiger partial charge on any atom is -0.294 e. The number of aromatic nitrogens is 3. The lowest BCUT2D eigenvalue weighted by atomic mass is 10.0. The van der Waals surface area contributed by atoms with Crippen molar-refractivity contribution >= 4 is 33.0 Å². The molecule has 4 aromatic rings. The number of sulfone groups is 1. The average Bonchev–Trinajstić information content (AvgIpc) is 3.25. The maximum Gasteiger partial charge on any atom is 0.417 e. The van der Waals surface area contributed by atoms with Gasteiger partial charge in [-0.3, -0.25) is 9.20 Å². The number of hydrogen-bond donors (Lipinski definition) is 0. The molecular weight excluding hydrogens is 479 g/mol. The molecule has 0 amide bonds. The fourth-order valence-corrected chi connectivity index (χ4v) is 4.91. The molecule has 0 radical (unpaired) electrons. The Balaban J connectivity index is 1.52. The Hall–Kier alpha value is -3.24. The van der Waals surface area contributed by atoms with Gasteiger partial charge < -0.3 is 0 Å². The Labute approximate surface area is 191 Å². The highest BCUT2D eigenvalue weighted by Crippen LogP contribution is 2.38. The summed E-state index contributed by atoms with van der Waals surface area (Å²) in [6.07, 6.45) is 1.86. The van der Waals surface area contributed by atoms with Gasteiger partial charge in [0, 0.05) is 36.2 Å². The van der Waals surface area contributed by atoms with Crippen molar-refractivity contribution in [1.29, 1.82) is 0 Å². The molecule has 2 heterocycles. The van der Waals surface area contributed by atoms with Crippen LogP contribution in [-0.4, -0.2) is 28.6 Å². The largest absolute Gasteiger partial charge is 0.417 e. The topological polar surface area (TPSA) is 81.4 Å². The highest BCUT2D eigenvalue weighted by molar-refractivity contribution is 7.91. The first-order valence-corrected chi connectivity index (χ1v) is 11.4. The number of hydrogen-bond acceptors (Lipinski definition) is 5. The van der Waals surface area contributed by atoms with Crippen LogP contribution >= 0.6 is 11.6 Å². The van der Waals surface area contributed by atoms with Crippen LogP contribution in [0.15, 0.2) is 77.0 Å². The van der Waals surface area contributed by atoms with Crippen LogP contribution < -0.4 is 0 Å². The molecule has 2 aromatic heterocycles. The van der Waals surface area contributed by atoms with Crippen molar-refractivity contribution in [2.24, 2.45) is 0 Å². The fraction of sp³-hybridized carbons (Fsp3) is 0.136. The molecule has 33 heavy (non-hydrogen) atoms. The number of imidazole rings is 1. The first kappa shape index (κ1) is 22.9. The maximum absolute atomic E-state index is 13.4. The molecule has 0 aliphatic rings. The van der Waals surface area contributed by atoms with E-state index >= 15 is 0 Å².